The van der Waals surface area contributed by atoms with Crippen LogP contribution in [0.1, 0.15) is 0 Å². The molecule has 5 nitrogen and oxygen atoms in total. The molecule has 106 valence electrons. The summed E-state index contributed by atoms with van der Waals surface area (Å²) in [5, 5.41) is 0. The zero-order chi connectivity index (χ0) is 11.9. The van der Waals surface area contributed by atoms with Gasteiger partial charge < -0.3 is 11.0 Å². The second-order valence-corrected chi connectivity index (χ2v) is 22.4. The topological polar surface area (TPSA) is 98.5 Å². The second kappa shape index (κ2) is 5.23. The molecule has 0 bridgehead atoms. The molecule has 4 N–H and O–H groups in total. The molecule has 0 radical (unpaired) electrons. The van der Waals surface area contributed by atoms with Gasteiger partial charge in [-0.05, 0) is 0 Å². The molecule has 0 atom stereocenters. The van der Waals surface area contributed by atoms with Gasteiger partial charge in [0.25, 0.3) is 0 Å². The van der Waals surface area contributed by atoms with E-state index in [2.05, 4.69) is 0 Å². The maximum Gasteiger partial charge on any atom is -0.412 e. The van der Waals surface area contributed by atoms with Crippen molar-refractivity contribution < 1.29 is 23.1 Å². The van der Waals surface area contributed by atoms with Crippen LogP contribution >= 0.6 is 13.7 Å². The van der Waals surface area contributed by atoms with Gasteiger partial charge in [-0.2, -0.15) is 0 Å². The Bertz CT molecular complexity index is 219. The van der Waals surface area contributed by atoms with Gasteiger partial charge in [0, 0.05) is 0 Å². The Morgan fingerprint density at radius 3 is 1.00 bits per heavy atom. The molecular formula is C8H28O5P2S. The van der Waals surface area contributed by atoms with Gasteiger partial charge in [0.1, 0.15) is 0 Å². The van der Waals surface area contributed by atoms with Gasteiger partial charge in [0.2, 0.25) is 0 Å². The average molecular weight is 298 g/mol. The first kappa shape index (κ1) is 22.1. The van der Waals surface area contributed by atoms with E-state index in [-0.39, 0.29) is 11.0 Å². The summed E-state index contributed by atoms with van der Waals surface area (Å²) >= 11 is -1.62. The fourth-order valence-corrected chi connectivity index (χ4v) is 4.75. The van der Waals surface area contributed by atoms with Crippen LogP contribution in [0.25, 0.3) is 0 Å². The molecule has 0 rings (SSSR count). The van der Waals surface area contributed by atoms with Crippen molar-refractivity contribution in [1.82, 2.24) is 0 Å². The van der Waals surface area contributed by atoms with Crippen molar-refractivity contribution in [2.24, 2.45) is 0 Å². The summed E-state index contributed by atoms with van der Waals surface area (Å²) in [4.78, 5) is 0. The Morgan fingerprint density at radius 2 is 0.875 bits per heavy atom. The predicted molar refractivity (Wildman–Crippen MR) is 78.8 cm³/mol. The van der Waals surface area contributed by atoms with Crippen molar-refractivity contribution in [2.45, 2.75) is 0 Å². The predicted octanol–water partition coefficient (Wildman–Crippen LogP) is 0.924. The molecule has 0 amide bonds. The van der Waals surface area contributed by atoms with Crippen molar-refractivity contribution in [1.29, 1.82) is 0 Å². The van der Waals surface area contributed by atoms with Crippen LogP contribution in [0, 0.1) is 0 Å². The van der Waals surface area contributed by atoms with E-state index < -0.39 is 25.0 Å². The van der Waals surface area contributed by atoms with Crippen molar-refractivity contribution in [3.8, 4) is 0 Å². The Labute approximate surface area is 102 Å². The first-order chi connectivity index (χ1) is 5.60. The Balaban J connectivity index is -0.000000845. The van der Waals surface area contributed by atoms with Crippen LogP contribution in [-0.2, 0) is 19.3 Å². The third-order valence-electron chi connectivity index (χ3n) is 0.718. The molecule has 0 aliphatic carbocycles. The molecule has 0 saturated heterocycles. The summed E-state index contributed by atoms with van der Waals surface area (Å²) in [5.74, 6) is 0. The van der Waals surface area contributed by atoms with E-state index in [0.717, 1.165) is 0 Å². The number of hydrogen-bond acceptors (Lipinski definition) is 3. The van der Waals surface area contributed by atoms with Crippen molar-refractivity contribution in [2.75, 3.05) is 53.3 Å². The first-order valence-corrected chi connectivity index (χ1v) is 13.3. The van der Waals surface area contributed by atoms with E-state index in [0.29, 0.717) is 0 Å². The molecule has 0 spiro atoms. The summed E-state index contributed by atoms with van der Waals surface area (Å²) in [7, 11) is 0. The zero-order valence-electron chi connectivity index (χ0n) is 11.5. The number of hydrogen-bond donors (Lipinski definition) is 0. The molecule has 0 aromatic heterocycles. The van der Waals surface area contributed by atoms with Crippen LogP contribution in [0.3, 0.4) is 0 Å². The minimum absolute atomic E-state index is 0. The van der Waals surface area contributed by atoms with Crippen molar-refractivity contribution in [3.63, 3.8) is 0 Å². The van der Waals surface area contributed by atoms with Crippen molar-refractivity contribution >= 4 is 25.0 Å². The quantitative estimate of drug-likeness (QED) is 0.722. The third-order valence-corrected chi connectivity index (χ3v) is 6.46. The minimum Gasteiger partial charge on any atom is -0.412 e. The van der Waals surface area contributed by atoms with Crippen LogP contribution in [-0.4, -0.2) is 68.5 Å². The molecule has 0 aliphatic heterocycles. The molecule has 0 unspecified atom stereocenters. The smallest absolute Gasteiger partial charge is 0.412 e. The van der Waals surface area contributed by atoms with Crippen LogP contribution in [0.5, 0.6) is 0 Å². The van der Waals surface area contributed by atoms with Crippen LogP contribution in [0.4, 0.5) is 0 Å². The van der Waals surface area contributed by atoms with Crippen LogP contribution < -0.4 is 0 Å². The Kier molecular flexibility index (Phi) is 7.21. The van der Waals surface area contributed by atoms with Gasteiger partial charge in [-0.3, -0.25) is 0 Å². The van der Waals surface area contributed by atoms with E-state index in [1.54, 1.807) is 0 Å². The van der Waals surface area contributed by atoms with E-state index in [4.69, 9.17) is 7.94 Å². The number of rotatable bonds is 4. The standard InChI is InChI=1S/C8H24O3P2S.2H2O/c1-12(2,3,4)10-14(9)11-13(5,6,7)8;;/h1-8H3;2*1H2. The monoisotopic (exact) mass is 298 g/mol. The molecule has 16 heavy (non-hydrogen) atoms. The summed E-state index contributed by atoms with van der Waals surface area (Å²) in [6, 6.07) is 0. The van der Waals surface area contributed by atoms with Gasteiger partial charge in [0.05, 0.1) is 0 Å². The molecule has 0 heterocycles. The minimum atomic E-state index is -2.22. The van der Waals surface area contributed by atoms with Gasteiger partial charge in [-0.1, -0.05) is 0 Å². The summed E-state index contributed by atoms with van der Waals surface area (Å²) in [5.41, 5.74) is 0. The molecule has 0 fully saturated rings. The zero-order valence-corrected chi connectivity index (χ0v) is 14.1. The maximum atomic E-state index is 11.6. The maximum absolute atomic E-state index is 11.6. The first-order valence-electron chi connectivity index (χ1n) is 4.44. The van der Waals surface area contributed by atoms with Gasteiger partial charge in [-0.25, -0.2) is 0 Å². The molecule has 0 aromatic carbocycles. The third kappa shape index (κ3) is 17.3. The second-order valence-electron chi connectivity index (χ2n) is 7.18. The molecule has 0 aromatic rings. The normalized spacial score (nSPS) is 19.0. The SMILES string of the molecule is CP(C)(C)(C)OS(=O)OP(C)(C)(C)C.O.O. The summed E-state index contributed by atoms with van der Waals surface area (Å²) in [6.45, 7) is 11.6. The molecule has 0 saturated carbocycles. The van der Waals surface area contributed by atoms with Crippen LogP contribution in [0.2, 0.25) is 0 Å². The Morgan fingerprint density at radius 1 is 0.688 bits per heavy atom. The largest absolute Gasteiger partial charge is 0.412 e. The van der Waals surface area contributed by atoms with Gasteiger partial charge in [0.15, 0.2) is 0 Å². The van der Waals surface area contributed by atoms with E-state index in [1.807, 2.05) is 53.3 Å². The van der Waals surface area contributed by atoms with E-state index in [9.17, 15) is 4.21 Å². The summed E-state index contributed by atoms with van der Waals surface area (Å²) in [6.07, 6.45) is 0. The van der Waals surface area contributed by atoms with Gasteiger partial charge in [-0.15, -0.1) is 0 Å². The van der Waals surface area contributed by atoms with Gasteiger partial charge >= 0.3 is 90.5 Å². The fourth-order valence-electron chi connectivity index (χ4n) is 0.500. The van der Waals surface area contributed by atoms with E-state index in [1.165, 1.54) is 0 Å². The molecular weight excluding hydrogens is 270 g/mol. The fraction of sp³-hybridized carbons (Fsp3) is 1.00. The molecule has 0 aliphatic rings. The van der Waals surface area contributed by atoms with Crippen LogP contribution in [0.15, 0.2) is 0 Å². The summed E-state index contributed by atoms with van der Waals surface area (Å²) < 4.78 is 22.6. The Hall–Kier alpha value is 0.850. The average Bonchev–Trinajstić information content (AvgIpc) is 1.41. The van der Waals surface area contributed by atoms with Crippen molar-refractivity contribution in [3.05, 3.63) is 0 Å². The molecule has 8 heteroatoms. The van der Waals surface area contributed by atoms with E-state index >= 15 is 0 Å².